The van der Waals surface area contributed by atoms with Crippen molar-refractivity contribution in [2.75, 3.05) is 0 Å². The standard InChI is InChI=1S/C10H10O2/c1-8-7-9(3-2-6-11)4-5-10(8)12/h2-7,12H,1H3. The second-order valence-electron chi connectivity index (χ2n) is 2.54. The van der Waals surface area contributed by atoms with Crippen molar-refractivity contribution in [1.29, 1.82) is 0 Å². The van der Waals surface area contributed by atoms with Gasteiger partial charge in [0.2, 0.25) is 0 Å². The molecule has 0 fully saturated rings. The number of aldehydes is 1. The van der Waals surface area contributed by atoms with E-state index < -0.39 is 0 Å². The van der Waals surface area contributed by atoms with E-state index in [1.807, 2.05) is 13.0 Å². The molecular weight excluding hydrogens is 152 g/mol. The van der Waals surface area contributed by atoms with E-state index in [0.29, 0.717) is 0 Å². The number of hydrogen-bond donors (Lipinski definition) is 1. The Balaban J connectivity index is 2.96. The molecule has 2 nitrogen and oxygen atoms in total. The Morgan fingerprint density at radius 2 is 2.17 bits per heavy atom. The third kappa shape index (κ3) is 1.95. The summed E-state index contributed by atoms with van der Waals surface area (Å²) in [7, 11) is 0. The maximum Gasteiger partial charge on any atom is 0.142 e. The molecule has 12 heavy (non-hydrogen) atoms. The maximum atomic E-state index is 9.99. The highest BCUT2D eigenvalue weighted by atomic mass is 16.3. The quantitative estimate of drug-likeness (QED) is 0.532. The smallest absolute Gasteiger partial charge is 0.142 e. The highest BCUT2D eigenvalue weighted by Crippen LogP contribution is 2.17. The summed E-state index contributed by atoms with van der Waals surface area (Å²) in [5.41, 5.74) is 1.72. The van der Waals surface area contributed by atoms with Gasteiger partial charge in [-0.2, -0.15) is 0 Å². The molecule has 1 N–H and O–H groups in total. The first-order valence-electron chi connectivity index (χ1n) is 3.65. The highest BCUT2D eigenvalue weighted by molar-refractivity contribution is 5.74. The van der Waals surface area contributed by atoms with Crippen molar-refractivity contribution in [3.63, 3.8) is 0 Å². The number of hydrogen-bond acceptors (Lipinski definition) is 2. The van der Waals surface area contributed by atoms with Crippen molar-refractivity contribution >= 4 is 12.4 Å². The zero-order valence-electron chi connectivity index (χ0n) is 6.82. The van der Waals surface area contributed by atoms with Gasteiger partial charge in [0.05, 0.1) is 0 Å². The Morgan fingerprint density at radius 3 is 2.75 bits per heavy atom. The average Bonchev–Trinajstić information content (AvgIpc) is 2.07. The van der Waals surface area contributed by atoms with Gasteiger partial charge in [-0.05, 0) is 36.3 Å². The number of phenols is 1. The lowest BCUT2D eigenvalue weighted by Crippen LogP contribution is -1.77. The fourth-order valence-electron chi connectivity index (χ4n) is 0.933. The third-order valence-electron chi connectivity index (χ3n) is 1.59. The molecule has 0 bridgehead atoms. The summed E-state index contributed by atoms with van der Waals surface area (Å²) in [6, 6.07) is 5.18. The van der Waals surface area contributed by atoms with Crippen molar-refractivity contribution in [3.8, 4) is 5.75 Å². The van der Waals surface area contributed by atoms with Crippen LogP contribution in [0.5, 0.6) is 5.75 Å². The molecule has 1 rings (SSSR count). The van der Waals surface area contributed by atoms with Crippen LogP contribution in [0.4, 0.5) is 0 Å². The van der Waals surface area contributed by atoms with Crippen LogP contribution in [0.25, 0.3) is 6.08 Å². The number of aromatic hydroxyl groups is 1. The van der Waals surface area contributed by atoms with E-state index in [4.69, 9.17) is 0 Å². The molecule has 0 radical (unpaired) electrons. The second kappa shape index (κ2) is 3.72. The van der Waals surface area contributed by atoms with E-state index in [9.17, 15) is 9.90 Å². The van der Waals surface area contributed by atoms with E-state index in [2.05, 4.69) is 0 Å². The first-order chi connectivity index (χ1) is 5.74. The van der Waals surface area contributed by atoms with Gasteiger partial charge in [-0.15, -0.1) is 0 Å². The van der Waals surface area contributed by atoms with Crippen LogP contribution in [0.2, 0.25) is 0 Å². The van der Waals surface area contributed by atoms with Crippen molar-refractivity contribution in [2.24, 2.45) is 0 Å². The third-order valence-corrected chi connectivity index (χ3v) is 1.59. The van der Waals surface area contributed by atoms with Gasteiger partial charge in [0.15, 0.2) is 0 Å². The molecule has 0 spiro atoms. The molecule has 0 aliphatic heterocycles. The van der Waals surface area contributed by atoms with Crippen molar-refractivity contribution in [1.82, 2.24) is 0 Å². The number of benzene rings is 1. The zero-order chi connectivity index (χ0) is 8.97. The van der Waals surface area contributed by atoms with Crippen LogP contribution >= 0.6 is 0 Å². The lowest BCUT2D eigenvalue weighted by molar-refractivity contribution is -0.104. The molecule has 0 amide bonds. The molecule has 0 atom stereocenters. The van der Waals surface area contributed by atoms with E-state index >= 15 is 0 Å². The van der Waals surface area contributed by atoms with Crippen LogP contribution in [-0.4, -0.2) is 11.4 Å². The Morgan fingerprint density at radius 1 is 1.42 bits per heavy atom. The number of carbonyl (C=O) groups is 1. The minimum atomic E-state index is 0.276. The fraction of sp³-hybridized carbons (Fsp3) is 0.100. The molecule has 62 valence electrons. The topological polar surface area (TPSA) is 37.3 Å². The van der Waals surface area contributed by atoms with Crippen LogP contribution in [0.3, 0.4) is 0 Å². The number of rotatable bonds is 2. The summed E-state index contributed by atoms with van der Waals surface area (Å²) >= 11 is 0. The van der Waals surface area contributed by atoms with Crippen LogP contribution in [-0.2, 0) is 4.79 Å². The first kappa shape index (κ1) is 8.53. The maximum absolute atomic E-state index is 9.99. The van der Waals surface area contributed by atoms with Gasteiger partial charge in [0, 0.05) is 0 Å². The monoisotopic (exact) mass is 162 g/mol. The molecule has 0 aliphatic rings. The first-order valence-corrected chi connectivity index (χ1v) is 3.65. The second-order valence-corrected chi connectivity index (χ2v) is 2.54. The van der Waals surface area contributed by atoms with Gasteiger partial charge in [-0.25, -0.2) is 0 Å². The lowest BCUT2D eigenvalue weighted by Gasteiger charge is -1.98. The number of carbonyl (C=O) groups excluding carboxylic acids is 1. The summed E-state index contributed by atoms with van der Waals surface area (Å²) in [6.07, 6.45) is 3.84. The minimum absolute atomic E-state index is 0.276. The molecule has 0 saturated carbocycles. The number of aryl methyl sites for hydroxylation is 1. The molecule has 0 aromatic heterocycles. The van der Waals surface area contributed by atoms with Gasteiger partial charge in [-0.3, -0.25) is 4.79 Å². The van der Waals surface area contributed by atoms with Gasteiger partial charge in [-0.1, -0.05) is 12.1 Å². The zero-order valence-corrected chi connectivity index (χ0v) is 6.82. The number of allylic oxidation sites excluding steroid dienone is 1. The lowest BCUT2D eigenvalue weighted by atomic mass is 10.1. The molecule has 0 heterocycles. The summed E-state index contributed by atoms with van der Waals surface area (Å²) in [5, 5.41) is 9.18. The van der Waals surface area contributed by atoms with Gasteiger partial charge in [0.1, 0.15) is 12.0 Å². The summed E-state index contributed by atoms with van der Waals surface area (Å²) in [6.45, 7) is 1.81. The SMILES string of the molecule is Cc1cc(C=CC=O)ccc1O. The Kier molecular flexibility index (Phi) is 2.64. The number of phenolic OH excluding ortho intramolecular Hbond substituents is 1. The Bertz CT molecular complexity index is 314. The fourth-order valence-corrected chi connectivity index (χ4v) is 0.933. The normalized spacial score (nSPS) is 10.4. The van der Waals surface area contributed by atoms with Crippen molar-refractivity contribution in [3.05, 3.63) is 35.4 Å². The van der Waals surface area contributed by atoms with Crippen molar-refractivity contribution in [2.45, 2.75) is 6.92 Å². The van der Waals surface area contributed by atoms with E-state index in [1.165, 1.54) is 6.08 Å². The average molecular weight is 162 g/mol. The predicted molar refractivity (Wildman–Crippen MR) is 47.9 cm³/mol. The molecule has 2 heteroatoms. The van der Waals surface area contributed by atoms with E-state index in [1.54, 1.807) is 18.2 Å². The van der Waals surface area contributed by atoms with Crippen LogP contribution < -0.4 is 0 Å². The van der Waals surface area contributed by atoms with Gasteiger partial charge >= 0.3 is 0 Å². The summed E-state index contributed by atoms with van der Waals surface area (Å²) in [5.74, 6) is 0.276. The van der Waals surface area contributed by atoms with Crippen LogP contribution in [0.1, 0.15) is 11.1 Å². The van der Waals surface area contributed by atoms with Crippen molar-refractivity contribution < 1.29 is 9.90 Å². The molecule has 0 aliphatic carbocycles. The minimum Gasteiger partial charge on any atom is -0.508 e. The molecule has 1 aromatic rings. The molecule has 1 aromatic carbocycles. The summed E-state index contributed by atoms with van der Waals surface area (Å²) < 4.78 is 0. The van der Waals surface area contributed by atoms with E-state index in [-0.39, 0.29) is 5.75 Å². The molecular formula is C10H10O2. The van der Waals surface area contributed by atoms with E-state index in [0.717, 1.165) is 17.4 Å². The molecule has 0 saturated heterocycles. The summed E-state index contributed by atoms with van der Waals surface area (Å²) in [4.78, 5) is 9.99. The predicted octanol–water partition coefficient (Wildman–Crippen LogP) is 1.91. The van der Waals surface area contributed by atoms with Crippen LogP contribution in [0, 0.1) is 6.92 Å². The Hall–Kier alpha value is -1.57. The van der Waals surface area contributed by atoms with Gasteiger partial charge < -0.3 is 5.11 Å². The Labute approximate surface area is 71.2 Å². The van der Waals surface area contributed by atoms with Crippen LogP contribution in [0.15, 0.2) is 24.3 Å². The highest BCUT2D eigenvalue weighted by Gasteiger charge is 1.93. The molecule has 0 unspecified atom stereocenters. The van der Waals surface area contributed by atoms with Gasteiger partial charge in [0.25, 0.3) is 0 Å². The largest absolute Gasteiger partial charge is 0.508 e.